The molecule has 0 aromatic carbocycles. The van der Waals surface area contributed by atoms with Gasteiger partial charge in [-0.3, -0.25) is 9.59 Å². The highest BCUT2D eigenvalue weighted by atomic mass is 32.2. The number of carbonyl (C=O) groups excluding carboxylic acids is 2. The number of ketones is 1. The van der Waals surface area contributed by atoms with Gasteiger partial charge in [0.05, 0.1) is 4.90 Å². The van der Waals surface area contributed by atoms with E-state index in [2.05, 4.69) is 23.6 Å². The van der Waals surface area contributed by atoms with Crippen molar-refractivity contribution in [3.63, 3.8) is 0 Å². The van der Waals surface area contributed by atoms with Crippen LogP contribution in [-0.4, -0.2) is 69.0 Å². The summed E-state index contributed by atoms with van der Waals surface area (Å²) in [6.45, 7) is 9.51. The number of aromatic nitrogens is 1. The molecule has 0 radical (unpaired) electrons. The predicted octanol–water partition coefficient (Wildman–Crippen LogP) is 3.15. The number of pyridine rings is 1. The van der Waals surface area contributed by atoms with E-state index in [0.29, 0.717) is 49.7 Å². The fourth-order valence-corrected chi connectivity index (χ4v) is 7.40. The fourth-order valence-electron chi connectivity index (χ4n) is 5.04. The number of thioether (sulfide) groups is 1. The molecule has 4 heterocycles. The number of allylic oxidation sites excluding steroid dienone is 1. The molecule has 0 saturated carbocycles. The van der Waals surface area contributed by atoms with Crippen LogP contribution in [0.15, 0.2) is 46.7 Å². The van der Waals surface area contributed by atoms with E-state index in [-0.39, 0.29) is 42.7 Å². The van der Waals surface area contributed by atoms with Crippen LogP contribution in [0, 0.1) is 5.92 Å². The normalized spacial score (nSPS) is 22.4. The highest BCUT2D eigenvalue weighted by Gasteiger charge is 2.52. The van der Waals surface area contributed by atoms with Crippen molar-refractivity contribution in [3.8, 4) is 0 Å². The van der Waals surface area contributed by atoms with Crippen LogP contribution in [0.3, 0.4) is 0 Å². The highest BCUT2D eigenvalue weighted by molar-refractivity contribution is 8.06. The molecule has 3 saturated heterocycles. The molecule has 3 aliphatic heterocycles. The third-order valence-electron chi connectivity index (χ3n) is 7.37. The van der Waals surface area contributed by atoms with E-state index >= 15 is 0 Å². The number of carbonyl (C=O) groups is 2. The van der Waals surface area contributed by atoms with E-state index in [9.17, 15) is 18.0 Å². The number of Topliss-reactive ketones (excluding diaryl/α,β-unsaturated/α-hetero) is 1. The summed E-state index contributed by atoms with van der Waals surface area (Å²) in [6, 6.07) is 3.14. The van der Waals surface area contributed by atoms with E-state index in [1.807, 2.05) is 4.90 Å². The lowest BCUT2D eigenvalue weighted by Crippen LogP contribution is -2.56. The first kappa shape index (κ1) is 28.8. The van der Waals surface area contributed by atoms with Crippen molar-refractivity contribution in [2.24, 2.45) is 5.92 Å². The average molecular weight is 566 g/mol. The van der Waals surface area contributed by atoms with Crippen LogP contribution in [0.4, 0.5) is 5.82 Å². The molecule has 1 aromatic rings. The summed E-state index contributed by atoms with van der Waals surface area (Å²) in [6.07, 6.45) is 4.51. The average Bonchev–Trinajstić information content (AvgIpc) is 2.96. The van der Waals surface area contributed by atoms with E-state index in [1.54, 1.807) is 11.5 Å². The Morgan fingerprint density at radius 2 is 1.89 bits per heavy atom. The summed E-state index contributed by atoms with van der Waals surface area (Å²) in [4.78, 5) is 38.1. The van der Waals surface area contributed by atoms with Gasteiger partial charge in [0.25, 0.3) is 5.91 Å². The minimum absolute atomic E-state index is 0.00871. The molecule has 0 bridgehead atoms. The Labute approximate surface area is 228 Å². The number of hydrogen-bond acceptors (Lipinski definition) is 10. The summed E-state index contributed by atoms with van der Waals surface area (Å²) in [5.41, 5.74) is 2.36. The van der Waals surface area contributed by atoms with Crippen molar-refractivity contribution < 1.29 is 32.3 Å². The zero-order valence-corrected chi connectivity index (χ0v) is 23.1. The van der Waals surface area contributed by atoms with Crippen molar-refractivity contribution in [1.82, 2.24) is 10.5 Å². The van der Waals surface area contributed by atoms with Crippen molar-refractivity contribution >= 4 is 39.1 Å². The van der Waals surface area contributed by atoms with Crippen LogP contribution >= 0.6 is 11.8 Å². The first-order valence-electron chi connectivity index (χ1n) is 12.9. The van der Waals surface area contributed by atoms with Gasteiger partial charge in [0, 0.05) is 56.4 Å². The molecule has 10 nitrogen and oxygen atoms in total. The molecule has 3 aliphatic rings. The number of amides is 1. The van der Waals surface area contributed by atoms with Crippen LogP contribution in [0.5, 0.6) is 0 Å². The number of hydrogen-bond donors (Lipinski definition) is 1. The molecule has 38 heavy (non-hydrogen) atoms. The smallest absolute Gasteiger partial charge is 0.265 e. The minimum Gasteiger partial charge on any atom is -0.381 e. The number of anilines is 1. The lowest BCUT2D eigenvalue weighted by molar-refractivity contribution is -0.202. The lowest BCUT2D eigenvalue weighted by atomic mass is 9.92. The number of sulfone groups is 1. The molecule has 1 unspecified atom stereocenters. The van der Waals surface area contributed by atoms with Gasteiger partial charge in [-0.15, -0.1) is 0 Å². The van der Waals surface area contributed by atoms with Crippen LogP contribution in [0.2, 0.25) is 0 Å². The van der Waals surface area contributed by atoms with Crippen LogP contribution < -0.4 is 10.4 Å². The zero-order chi connectivity index (χ0) is 27.2. The molecule has 0 spiro atoms. The number of nitrogens with one attached hydrogen (secondary N) is 1. The van der Waals surface area contributed by atoms with Gasteiger partial charge in [-0.1, -0.05) is 24.9 Å². The maximum Gasteiger partial charge on any atom is 0.265 e. The summed E-state index contributed by atoms with van der Waals surface area (Å²) >= 11 is 1.24. The van der Waals surface area contributed by atoms with Crippen LogP contribution in [-0.2, 0) is 33.7 Å². The third kappa shape index (κ3) is 6.15. The van der Waals surface area contributed by atoms with Gasteiger partial charge in [0.2, 0.25) is 0 Å². The Bertz CT molecular complexity index is 1120. The fraction of sp³-hybridized carbons (Fsp3) is 0.577. The molecule has 3 fully saturated rings. The molecule has 0 aliphatic carbocycles. The maximum atomic E-state index is 13.8. The maximum absolute atomic E-state index is 13.8. The Morgan fingerprint density at radius 3 is 2.50 bits per heavy atom. The number of nitrogens with zero attached hydrogens (tertiary/aromatic N) is 2. The number of ether oxygens (including phenoxy) is 2. The Morgan fingerprint density at radius 1 is 1.16 bits per heavy atom. The predicted molar refractivity (Wildman–Crippen MR) is 144 cm³/mol. The largest absolute Gasteiger partial charge is 0.381 e. The first-order chi connectivity index (χ1) is 18.3. The van der Waals surface area contributed by atoms with Crippen molar-refractivity contribution in [3.05, 3.63) is 41.8 Å². The van der Waals surface area contributed by atoms with Gasteiger partial charge in [0.1, 0.15) is 5.82 Å². The van der Waals surface area contributed by atoms with Gasteiger partial charge in [-0.25, -0.2) is 23.7 Å². The number of piperidine rings is 1. The molecular formula is C26H35N3O7S2. The van der Waals surface area contributed by atoms with E-state index in [1.165, 1.54) is 24.0 Å². The number of hydroxylamine groups is 1. The van der Waals surface area contributed by atoms with Crippen LogP contribution in [0.1, 0.15) is 44.9 Å². The van der Waals surface area contributed by atoms with Gasteiger partial charge in [0.15, 0.2) is 26.7 Å². The van der Waals surface area contributed by atoms with E-state index in [0.717, 1.165) is 12.8 Å². The van der Waals surface area contributed by atoms with Gasteiger partial charge < -0.3 is 14.4 Å². The second-order valence-corrected chi connectivity index (χ2v) is 13.0. The molecule has 1 atom stereocenters. The van der Waals surface area contributed by atoms with E-state index in [4.69, 9.17) is 14.3 Å². The summed E-state index contributed by atoms with van der Waals surface area (Å²) in [5, 5.41) is 1.60. The Hall–Kier alpha value is -2.25. The number of rotatable bonds is 10. The van der Waals surface area contributed by atoms with Gasteiger partial charge in [-0.05, 0) is 56.1 Å². The van der Waals surface area contributed by atoms with Crippen molar-refractivity contribution in [1.29, 1.82) is 0 Å². The third-order valence-corrected chi connectivity index (χ3v) is 10.5. The zero-order valence-electron chi connectivity index (χ0n) is 21.4. The molecule has 208 valence electrons. The summed E-state index contributed by atoms with van der Waals surface area (Å²) < 4.78 is 36.8. The molecule has 4 rings (SSSR count). The monoisotopic (exact) mass is 565 g/mol. The van der Waals surface area contributed by atoms with E-state index < -0.39 is 26.8 Å². The van der Waals surface area contributed by atoms with Crippen molar-refractivity contribution in [2.45, 2.75) is 60.9 Å². The SMILES string of the molecule is C=CSC(=C)C(=O)C1CCN(c2ccc(S(=O)(=O)C3(C(=O)NOC4CCCCO4)CCOCC3)cn2)CC1. The second-order valence-electron chi connectivity index (χ2n) is 9.64. The Balaban J connectivity index is 1.44. The molecule has 12 heteroatoms. The quantitative estimate of drug-likeness (QED) is 0.334. The summed E-state index contributed by atoms with van der Waals surface area (Å²) in [5.74, 6) is -0.151. The molecule has 1 aromatic heterocycles. The first-order valence-corrected chi connectivity index (χ1v) is 15.3. The Kier molecular flexibility index (Phi) is 9.64. The topological polar surface area (TPSA) is 124 Å². The highest BCUT2D eigenvalue weighted by Crippen LogP contribution is 2.36. The van der Waals surface area contributed by atoms with Gasteiger partial charge in [-0.2, -0.15) is 0 Å². The lowest BCUT2D eigenvalue weighted by Gasteiger charge is -2.35. The molecular weight excluding hydrogens is 530 g/mol. The molecule has 1 amide bonds. The second kappa shape index (κ2) is 12.7. The minimum atomic E-state index is -4.12. The molecule has 1 N–H and O–H groups in total. The standard InChI is InChI=1S/C26H35N3O7S2/c1-3-37-19(2)24(30)20-9-13-29(14-10-20)22-8-7-21(18-27-22)38(32,33)26(11-16-34-17-12-26)25(31)28-36-23-6-4-5-15-35-23/h3,7-8,18,20,23H,1-2,4-6,9-17H2,(H,28,31). The summed E-state index contributed by atoms with van der Waals surface area (Å²) in [7, 11) is -4.12. The van der Waals surface area contributed by atoms with Crippen molar-refractivity contribution in [2.75, 3.05) is 37.8 Å². The van der Waals surface area contributed by atoms with Crippen LogP contribution in [0.25, 0.3) is 0 Å². The van der Waals surface area contributed by atoms with Gasteiger partial charge >= 0.3 is 0 Å².